The molecule has 0 saturated heterocycles. The Morgan fingerprint density at radius 2 is 1.54 bits per heavy atom. The molecule has 0 radical (unpaired) electrons. The number of rotatable bonds is 6. The first-order chi connectivity index (χ1) is 11.3. The van der Waals surface area contributed by atoms with E-state index in [1.54, 1.807) is 0 Å². The van der Waals surface area contributed by atoms with Crippen molar-refractivity contribution in [3.63, 3.8) is 0 Å². The summed E-state index contributed by atoms with van der Waals surface area (Å²) in [4.78, 5) is 0. The van der Waals surface area contributed by atoms with Crippen LogP contribution in [0.5, 0.6) is 0 Å². The van der Waals surface area contributed by atoms with Gasteiger partial charge in [0.1, 0.15) is 0 Å². The zero-order valence-electron chi connectivity index (χ0n) is 16.7. The summed E-state index contributed by atoms with van der Waals surface area (Å²) in [7, 11) is 0. The first kappa shape index (κ1) is 17.3. The van der Waals surface area contributed by atoms with Gasteiger partial charge in [-0.1, -0.05) is 34.6 Å². The molecule has 6 saturated carbocycles. The van der Waals surface area contributed by atoms with Crippen LogP contribution in [-0.2, 0) is 0 Å². The SMILES string of the molecule is C[C@H]1[C@H](NCCNCC2CC[C@H]3CC2C3(C)C)C[C@H]2C[C@@H]1C2(C)C. The molecule has 0 amide bonds. The molecule has 6 aliphatic rings. The Hall–Kier alpha value is -0.0800. The molecule has 4 bridgehead atoms. The molecule has 138 valence electrons. The van der Waals surface area contributed by atoms with Gasteiger partial charge in [0.05, 0.1) is 0 Å². The van der Waals surface area contributed by atoms with E-state index in [4.69, 9.17) is 0 Å². The van der Waals surface area contributed by atoms with E-state index in [1.165, 1.54) is 38.6 Å². The van der Waals surface area contributed by atoms with E-state index < -0.39 is 0 Å². The molecule has 0 heterocycles. The van der Waals surface area contributed by atoms with Crippen LogP contribution >= 0.6 is 0 Å². The molecule has 0 aromatic heterocycles. The molecule has 6 fully saturated rings. The number of fused-ring (bicyclic) bond motifs is 4. The predicted octanol–water partition coefficient (Wildman–Crippen LogP) is 4.31. The largest absolute Gasteiger partial charge is 0.315 e. The maximum absolute atomic E-state index is 3.88. The molecular weight excluding hydrogens is 292 g/mol. The van der Waals surface area contributed by atoms with Gasteiger partial charge in [-0.25, -0.2) is 0 Å². The second-order valence-corrected chi connectivity index (χ2v) is 10.9. The summed E-state index contributed by atoms with van der Waals surface area (Å²) < 4.78 is 0. The molecule has 2 heteroatoms. The van der Waals surface area contributed by atoms with Crippen LogP contribution in [-0.4, -0.2) is 25.7 Å². The molecule has 2 unspecified atom stereocenters. The van der Waals surface area contributed by atoms with Crippen LogP contribution in [0.25, 0.3) is 0 Å². The van der Waals surface area contributed by atoms with E-state index in [0.29, 0.717) is 10.8 Å². The zero-order valence-corrected chi connectivity index (χ0v) is 16.7. The Labute approximate surface area is 149 Å². The molecule has 0 aromatic rings. The Morgan fingerprint density at radius 3 is 2.17 bits per heavy atom. The van der Waals surface area contributed by atoms with E-state index >= 15 is 0 Å². The molecule has 0 spiro atoms. The van der Waals surface area contributed by atoms with Crippen LogP contribution in [0.2, 0.25) is 0 Å². The lowest BCUT2D eigenvalue weighted by Gasteiger charge is -2.62. The van der Waals surface area contributed by atoms with Crippen LogP contribution in [0.3, 0.4) is 0 Å². The maximum atomic E-state index is 3.88. The Bertz CT molecular complexity index is 467. The van der Waals surface area contributed by atoms with E-state index in [2.05, 4.69) is 45.3 Å². The summed E-state index contributed by atoms with van der Waals surface area (Å²) in [6.45, 7) is 16.1. The van der Waals surface area contributed by atoms with Gasteiger partial charge in [0.2, 0.25) is 0 Å². The Balaban J connectivity index is 1.15. The van der Waals surface area contributed by atoms with Gasteiger partial charge in [-0.3, -0.25) is 0 Å². The molecule has 7 atom stereocenters. The monoisotopic (exact) mass is 332 g/mol. The number of nitrogens with one attached hydrogen (secondary N) is 2. The van der Waals surface area contributed by atoms with Gasteiger partial charge in [0.25, 0.3) is 0 Å². The van der Waals surface area contributed by atoms with Gasteiger partial charge >= 0.3 is 0 Å². The summed E-state index contributed by atoms with van der Waals surface area (Å²) >= 11 is 0. The molecule has 2 N–H and O–H groups in total. The lowest BCUT2D eigenvalue weighted by molar-refractivity contribution is -0.115. The van der Waals surface area contributed by atoms with Gasteiger partial charge in [-0.15, -0.1) is 0 Å². The van der Waals surface area contributed by atoms with Crippen molar-refractivity contribution in [1.82, 2.24) is 10.6 Å². The van der Waals surface area contributed by atoms with Crippen molar-refractivity contribution in [1.29, 1.82) is 0 Å². The highest BCUT2D eigenvalue weighted by Gasteiger charge is 2.56. The van der Waals surface area contributed by atoms with Crippen molar-refractivity contribution in [2.75, 3.05) is 19.6 Å². The first-order valence-electron chi connectivity index (χ1n) is 10.8. The number of hydrogen-bond donors (Lipinski definition) is 2. The number of hydrogen-bond acceptors (Lipinski definition) is 2. The van der Waals surface area contributed by atoms with Gasteiger partial charge < -0.3 is 10.6 Å². The standard InChI is InChI=1S/C22H40N2/c1-14-18-11-17(22(18,4)5)12-20(14)24-9-8-23-13-15-6-7-16-10-19(15)21(16,2)3/h14-20,23-24H,6-13H2,1-5H3/t14-,15?,16+,17-,18+,19?,20-/m1/s1. The molecule has 0 aromatic carbocycles. The van der Waals surface area contributed by atoms with Crippen LogP contribution in [0, 0.1) is 46.3 Å². The predicted molar refractivity (Wildman–Crippen MR) is 102 cm³/mol. The van der Waals surface area contributed by atoms with Crippen LogP contribution in [0.15, 0.2) is 0 Å². The van der Waals surface area contributed by atoms with Crippen LogP contribution in [0.4, 0.5) is 0 Å². The summed E-state index contributed by atoms with van der Waals surface area (Å²) in [5, 5.41) is 7.66. The third-order valence-electron chi connectivity index (χ3n) is 9.47. The topological polar surface area (TPSA) is 24.1 Å². The van der Waals surface area contributed by atoms with Gasteiger partial charge in [-0.05, 0) is 85.0 Å². The van der Waals surface area contributed by atoms with Gasteiger partial charge in [0.15, 0.2) is 0 Å². The smallest absolute Gasteiger partial charge is 0.00989 e. The minimum absolute atomic E-state index is 0.615. The first-order valence-corrected chi connectivity index (χ1v) is 10.8. The van der Waals surface area contributed by atoms with Crippen LogP contribution in [0.1, 0.15) is 66.7 Å². The van der Waals surface area contributed by atoms with Crippen molar-refractivity contribution in [2.45, 2.75) is 72.8 Å². The summed E-state index contributed by atoms with van der Waals surface area (Å²) in [6.07, 6.45) is 7.36. The lowest BCUT2D eigenvalue weighted by atomic mass is 9.45. The van der Waals surface area contributed by atoms with Crippen LogP contribution < -0.4 is 10.6 Å². The summed E-state index contributed by atoms with van der Waals surface area (Å²) in [5.74, 6) is 5.74. The third-order valence-corrected chi connectivity index (χ3v) is 9.47. The Kier molecular flexibility index (Phi) is 4.32. The molecule has 6 rings (SSSR count). The maximum Gasteiger partial charge on any atom is 0.00989 e. The van der Waals surface area contributed by atoms with E-state index in [1.807, 2.05) is 0 Å². The van der Waals surface area contributed by atoms with Gasteiger partial charge in [0, 0.05) is 19.1 Å². The van der Waals surface area contributed by atoms with Crippen molar-refractivity contribution < 1.29 is 0 Å². The summed E-state index contributed by atoms with van der Waals surface area (Å²) in [6, 6.07) is 0.768. The fraction of sp³-hybridized carbons (Fsp3) is 1.00. The second-order valence-electron chi connectivity index (χ2n) is 10.9. The van der Waals surface area contributed by atoms with E-state index in [0.717, 1.165) is 54.6 Å². The Morgan fingerprint density at radius 1 is 0.833 bits per heavy atom. The molecule has 2 nitrogen and oxygen atoms in total. The highest BCUT2D eigenvalue weighted by Crippen LogP contribution is 2.62. The van der Waals surface area contributed by atoms with Crippen molar-refractivity contribution in [3.8, 4) is 0 Å². The van der Waals surface area contributed by atoms with Crippen molar-refractivity contribution in [2.24, 2.45) is 46.3 Å². The van der Waals surface area contributed by atoms with E-state index in [-0.39, 0.29) is 0 Å². The molecular formula is C22H40N2. The molecule has 0 aliphatic heterocycles. The average Bonchev–Trinajstić information content (AvgIpc) is 2.55. The van der Waals surface area contributed by atoms with Gasteiger partial charge in [-0.2, -0.15) is 0 Å². The quantitative estimate of drug-likeness (QED) is 0.708. The minimum atomic E-state index is 0.615. The fourth-order valence-corrected chi connectivity index (χ4v) is 7.26. The normalized spacial score (nSPS) is 47.6. The highest BCUT2D eigenvalue weighted by molar-refractivity contribution is 5.07. The highest BCUT2D eigenvalue weighted by atomic mass is 15.0. The second kappa shape index (κ2) is 5.98. The fourth-order valence-electron chi connectivity index (χ4n) is 7.26. The minimum Gasteiger partial charge on any atom is -0.315 e. The average molecular weight is 333 g/mol. The molecule has 24 heavy (non-hydrogen) atoms. The summed E-state index contributed by atoms with van der Waals surface area (Å²) in [5.41, 5.74) is 1.25. The van der Waals surface area contributed by atoms with Crippen molar-refractivity contribution in [3.05, 3.63) is 0 Å². The molecule has 6 aliphatic carbocycles. The third kappa shape index (κ3) is 2.58. The zero-order chi connectivity index (χ0) is 17.1. The lowest BCUT2D eigenvalue weighted by Crippen LogP contribution is -2.60. The van der Waals surface area contributed by atoms with E-state index in [9.17, 15) is 0 Å². The van der Waals surface area contributed by atoms with Crippen molar-refractivity contribution >= 4 is 0 Å².